The molecule has 2 rings (SSSR count). The molecule has 0 aliphatic carbocycles. The van der Waals surface area contributed by atoms with E-state index in [4.69, 9.17) is 22.7 Å². The van der Waals surface area contributed by atoms with Gasteiger partial charge in [-0.3, -0.25) is 0 Å². The zero-order valence-corrected chi connectivity index (χ0v) is 12.3. The van der Waals surface area contributed by atoms with Gasteiger partial charge in [0, 0.05) is 18.2 Å². The Hall–Kier alpha value is -1.27. The maximum absolute atomic E-state index is 14.0. The quantitative estimate of drug-likeness (QED) is 0.843. The van der Waals surface area contributed by atoms with Gasteiger partial charge in [-0.25, -0.2) is 8.78 Å². The summed E-state index contributed by atoms with van der Waals surface area (Å²) >= 11 is 4.72. The van der Waals surface area contributed by atoms with Gasteiger partial charge in [0.1, 0.15) is 22.3 Å². The number of hydrogen-bond donors (Lipinski definition) is 2. The second-order valence-corrected chi connectivity index (χ2v) is 6.06. The number of nitrogens with two attached hydrogens (primary N) is 1. The summed E-state index contributed by atoms with van der Waals surface area (Å²) in [5, 5.41) is 2.93. The molecule has 1 aliphatic heterocycles. The smallest absolute Gasteiger partial charge is 0.150 e. The number of anilines is 1. The van der Waals surface area contributed by atoms with Gasteiger partial charge in [0.2, 0.25) is 0 Å². The Morgan fingerprint density at radius 2 is 2.00 bits per heavy atom. The molecule has 0 saturated carbocycles. The fourth-order valence-corrected chi connectivity index (χ4v) is 2.53. The first-order valence-electron chi connectivity index (χ1n) is 6.48. The lowest BCUT2D eigenvalue weighted by Crippen LogP contribution is -2.40. The summed E-state index contributed by atoms with van der Waals surface area (Å²) in [6.45, 7) is 4.49. The van der Waals surface area contributed by atoms with Gasteiger partial charge in [-0.1, -0.05) is 12.2 Å². The molecule has 0 radical (unpaired) electrons. The van der Waals surface area contributed by atoms with Gasteiger partial charge < -0.3 is 15.8 Å². The van der Waals surface area contributed by atoms with Crippen molar-refractivity contribution < 1.29 is 13.5 Å². The number of benzene rings is 1. The number of nitrogens with one attached hydrogen (secondary N) is 1. The lowest BCUT2D eigenvalue weighted by molar-refractivity contribution is -0.0553. The van der Waals surface area contributed by atoms with Crippen LogP contribution in [0.15, 0.2) is 12.1 Å². The third-order valence-corrected chi connectivity index (χ3v) is 3.61. The van der Waals surface area contributed by atoms with Crippen LogP contribution in [-0.4, -0.2) is 23.2 Å². The molecule has 1 heterocycles. The molecule has 6 heteroatoms. The summed E-state index contributed by atoms with van der Waals surface area (Å²) in [5.41, 5.74) is 5.15. The molecular formula is C14H18F2N2OS. The molecule has 20 heavy (non-hydrogen) atoms. The predicted octanol–water partition coefficient (Wildman–Crippen LogP) is 2.97. The van der Waals surface area contributed by atoms with E-state index in [0.29, 0.717) is 19.4 Å². The highest BCUT2D eigenvalue weighted by atomic mass is 32.1. The van der Waals surface area contributed by atoms with Crippen LogP contribution in [0, 0.1) is 11.6 Å². The van der Waals surface area contributed by atoms with E-state index in [1.165, 1.54) is 0 Å². The molecule has 0 aromatic heterocycles. The molecule has 1 unspecified atom stereocenters. The molecule has 0 amide bonds. The van der Waals surface area contributed by atoms with Crippen LogP contribution in [0.3, 0.4) is 0 Å². The van der Waals surface area contributed by atoms with E-state index in [2.05, 4.69) is 5.32 Å². The van der Waals surface area contributed by atoms with Gasteiger partial charge in [-0.2, -0.15) is 0 Å². The Kier molecular flexibility index (Phi) is 4.25. The highest BCUT2D eigenvalue weighted by Gasteiger charge is 2.29. The van der Waals surface area contributed by atoms with E-state index < -0.39 is 11.6 Å². The maximum Gasteiger partial charge on any atom is 0.150 e. The van der Waals surface area contributed by atoms with Crippen molar-refractivity contribution in [2.75, 3.05) is 11.9 Å². The summed E-state index contributed by atoms with van der Waals surface area (Å²) in [4.78, 5) is -0.0263. The van der Waals surface area contributed by atoms with Gasteiger partial charge in [-0.15, -0.1) is 0 Å². The fourth-order valence-electron chi connectivity index (χ4n) is 2.41. The number of hydrogen-bond acceptors (Lipinski definition) is 3. The minimum absolute atomic E-state index is 0.0263. The summed E-state index contributed by atoms with van der Waals surface area (Å²) in [5.74, 6) is -1.37. The average molecular weight is 300 g/mol. The van der Waals surface area contributed by atoms with Gasteiger partial charge in [0.15, 0.2) is 0 Å². The lowest BCUT2D eigenvalue weighted by atomic mass is 9.93. The van der Waals surface area contributed by atoms with E-state index in [9.17, 15) is 8.78 Å². The molecule has 0 bridgehead atoms. The SMILES string of the molecule is CC1(C)CC(Nc2c(F)cc(C(N)=S)cc2F)CCO1. The van der Waals surface area contributed by atoms with E-state index in [1.54, 1.807) is 0 Å². The van der Waals surface area contributed by atoms with Crippen LogP contribution < -0.4 is 11.1 Å². The van der Waals surface area contributed by atoms with E-state index in [1.807, 2.05) is 13.8 Å². The average Bonchev–Trinajstić information content (AvgIpc) is 2.32. The number of thiocarbonyl (C=S) groups is 1. The van der Waals surface area contributed by atoms with Gasteiger partial charge in [0.25, 0.3) is 0 Å². The topological polar surface area (TPSA) is 47.3 Å². The minimum Gasteiger partial charge on any atom is -0.389 e. The number of ether oxygens (including phenoxy) is 1. The van der Waals surface area contributed by atoms with Crippen molar-refractivity contribution in [3.05, 3.63) is 29.3 Å². The minimum atomic E-state index is -0.683. The van der Waals surface area contributed by atoms with Crippen molar-refractivity contribution in [1.29, 1.82) is 0 Å². The van der Waals surface area contributed by atoms with Gasteiger partial charge >= 0.3 is 0 Å². The zero-order valence-electron chi connectivity index (χ0n) is 11.5. The third-order valence-electron chi connectivity index (χ3n) is 3.37. The molecule has 1 aromatic carbocycles. The molecule has 1 aliphatic rings. The van der Waals surface area contributed by atoms with Crippen LogP contribution in [0.25, 0.3) is 0 Å². The Labute approximate surface area is 122 Å². The van der Waals surface area contributed by atoms with Crippen molar-refractivity contribution in [3.8, 4) is 0 Å². The molecule has 3 nitrogen and oxygen atoms in total. The van der Waals surface area contributed by atoms with Crippen molar-refractivity contribution in [2.24, 2.45) is 5.73 Å². The molecule has 110 valence electrons. The van der Waals surface area contributed by atoms with Crippen molar-refractivity contribution in [1.82, 2.24) is 0 Å². The Bertz CT molecular complexity index is 511. The van der Waals surface area contributed by atoms with E-state index in [0.717, 1.165) is 12.1 Å². The normalized spacial score (nSPS) is 21.5. The monoisotopic (exact) mass is 300 g/mol. The zero-order chi connectivity index (χ0) is 14.9. The Morgan fingerprint density at radius 3 is 2.50 bits per heavy atom. The molecule has 1 fully saturated rings. The van der Waals surface area contributed by atoms with E-state index >= 15 is 0 Å². The summed E-state index contributed by atoms with van der Waals surface area (Å²) in [6, 6.07) is 2.27. The largest absolute Gasteiger partial charge is 0.389 e. The highest BCUT2D eigenvalue weighted by Crippen LogP contribution is 2.29. The predicted molar refractivity (Wildman–Crippen MR) is 78.9 cm³/mol. The summed E-state index contributed by atoms with van der Waals surface area (Å²) in [7, 11) is 0. The maximum atomic E-state index is 14.0. The fraction of sp³-hybridized carbons (Fsp3) is 0.500. The Morgan fingerprint density at radius 1 is 1.40 bits per heavy atom. The summed E-state index contributed by atoms with van der Waals surface area (Å²) < 4.78 is 33.5. The molecule has 1 aromatic rings. The van der Waals surface area contributed by atoms with Crippen LogP contribution in [0.4, 0.5) is 14.5 Å². The standard InChI is InChI=1S/C14H18F2N2OS/c1-14(2)7-9(3-4-19-14)18-12-10(15)5-8(13(17)20)6-11(12)16/h5-6,9,18H,3-4,7H2,1-2H3,(H2,17,20). The highest BCUT2D eigenvalue weighted by molar-refractivity contribution is 7.80. The van der Waals surface area contributed by atoms with Crippen LogP contribution in [0.1, 0.15) is 32.3 Å². The second-order valence-electron chi connectivity index (χ2n) is 5.62. The van der Waals surface area contributed by atoms with Crippen LogP contribution in [0.5, 0.6) is 0 Å². The first-order valence-corrected chi connectivity index (χ1v) is 6.89. The van der Waals surface area contributed by atoms with Crippen molar-refractivity contribution in [2.45, 2.75) is 38.3 Å². The van der Waals surface area contributed by atoms with Crippen LogP contribution in [-0.2, 0) is 4.74 Å². The first-order chi connectivity index (χ1) is 9.28. The number of halogens is 2. The van der Waals surface area contributed by atoms with Crippen LogP contribution in [0.2, 0.25) is 0 Å². The van der Waals surface area contributed by atoms with Crippen LogP contribution >= 0.6 is 12.2 Å². The van der Waals surface area contributed by atoms with Crippen molar-refractivity contribution in [3.63, 3.8) is 0 Å². The van der Waals surface area contributed by atoms with E-state index in [-0.39, 0.29) is 27.9 Å². The molecule has 3 N–H and O–H groups in total. The van der Waals surface area contributed by atoms with Gasteiger partial charge in [0.05, 0.1) is 5.60 Å². The lowest BCUT2D eigenvalue weighted by Gasteiger charge is -2.36. The third kappa shape index (κ3) is 3.43. The Balaban J connectivity index is 2.19. The van der Waals surface area contributed by atoms with Gasteiger partial charge in [-0.05, 0) is 38.8 Å². The number of rotatable bonds is 3. The molecule has 0 spiro atoms. The first kappa shape index (κ1) is 15.1. The molecular weight excluding hydrogens is 282 g/mol. The molecule has 1 saturated heterocycles. The van der Waals surface area contributed by atoms with Crippen molar-refractivity contribution >= 4 is 22.9 Å². The molecule has 1 atom stereocenters. The second kappa shape index (κ2) is 5.61. The summed E-state index contributed by atoms with van der Waals surface area (Å²) in [6.07, 6.45) is 1.39.